The van der Waals surface area contributed by atoms with Gasteiger partial charge in [-0.25, -0.2) is 4.79 Å². The van der Waals surface area contributed by atoms with Crippen molar-refractivity contribution in [3.05, 3.63) is 70.4 Å². The van der Waals surface area contributed by atoms with Crippen molar-refractivity contribution < 1.29 is 9.90 Å². The Kier molecular flexibility index (Phi) is 4.90. The summed E-state index contributed by atoms with van der Waals surface area (Å²) in [6, 6.07) is 15.5. The number of benzene rings is 2. The Bertz CT molecular complexity index is 787. The first-order valence-electron chi connectivity index (χ1n) is 7.42. The fraction of sp³-hybridized carbons (Fsp3) is 0.167. The van der Waals surface area contributed by atoms with Crippen molar-refractivity contribution in [1.29, 1.82) is 0 Å². The minimum Gasteiger partial charge on any atom is -0.387 e. The molecule has 3 N–H and O–H groups in total. The molecule has 0 aliphatic heterocycles. The largest absolute Gasteiger partial charge is 0.387 e. The summed E-state index contributed by atoms with van der Waals surface area (Å²) in [4.78, 5) is 11.8. The molecular weight excluding hydrogens is 308 g/mol. The van der Waals surface area contributed by atoms with Crippen LogP contribution in [0.5, 0.6) is 0 Å². The molecular formula is C18H18N2O2S. The molecule has 0 saturated carbocycles. The summed E-state index contributed by atoms with van der Waals surface area (Å²) in [5.74, 6) is 0. The summed E-state index contributed by atoms with van der Waals surface area (Å²) in [5.41, 5.74) is 1.86. The van der Waals surface area contributed by atoms with E-state index in [0.29, 0.717) is 6.54 Å². The minimum absolute atomic E-state index is 0.174. The first kappa shape index (κ1) is 15.5. The van der Waals surface area contributed by atoms with Gasteiger partial charge in [-0.15, -0.1) is 0 Å². The van der Waals surface area contributed by atoms with Gasteiger partial charge in [0, 0.05) is 13.1 Å². The van der Waals surface area contributed by atoms with E-state index in [2.05, 4.69) is 10.6 Å². The van der Waals surface area contributed by atoms with Gasteiger partial charge in [-0.3, -0.25) is 0 Å². The van der Waals surface area contributed by atoms with Gasteiger partial charge in [-0.1, -0.05) is 36.4 Å². The predicted octanol–water partition coefficient (Wildman–Crippen LogP) is 3.43. The monoisotopic (exact) mass is 326 g/mol. The molecule has 0 aliphatic rings. The Morgan fingerprint density at radius 3 is 2.70 bits per heavy atom. The first-order valence-corrected chi connectivity index (χ1v) is 8.36. The third-order valence-corrected chi connectivity index (χ3v) is 4.38. The van der Waals surface area contributed by atoms with Crippen molar-refractivity contribution in [2.24, 2.45) is 0 Å². The summed E-state index contributed by atoms with van der Waals surface area (Å²) in [5, 5.41) is 21.9. The zero-order chi connectivity index (χ0) is 16.1. The zero-order valence-electron chi connectivity index (χ0n) is 12.5. The molecule has 0 saturated heterocycles. The quantitative estimate of drug-likeness (QED) is 0.672. The number of carbonyl (C=O) groups is 1. The molecule has 1 heterocycles. The maximum absolute atomic E-state index is 11.8. The number of carbonyl (C=O) groups excluding carboxylic acids is 1. The second-order valence-corrected chi connectivity index (χ2v) is 6.10. The van der Waals surface area contributed by atoms with E-state index in [9.17, 15) is 9.90 Å². The number of aliphatic hydroxyl groups is 1. The highest BCUT2D eigenvalue weighted by molar-refractivity contribution is 7.07. The fourth-order valence-electron chi connectivity index (χ4n) is 2.36. The molecule has 0 fully saturated rings. The van der Waals surface area contributed by atoms with Crippen LogP contribution in [0.3, 0.4) is 0 Å². The van der Waals surface area contributed by atoms with E-state index >= 15 is 0 Å². The van der Waals surface area contributed by atoms with E-state index in [0.717, 1.165) is 21.9 Å². The average Bonchev–Trinajstić information content (AvgIpc) is 3.11. The number of rotatable bonds is 5. The fourth-order valence-corrected chi connectivity index (χ4v) is 3.03. The van der Waals surface area contributed by atoms with E-state index in [4.69, 9.17) is 0 Å². The van der Waals surface area contributed by atoms with Crippen molar-refractivity contribution in [2.75, 3.05) is 6.54 Å². The molecule has 4 nitrogen and oxygen atoms in total. The van der Waals surface area contributed by atoms with Crippen LogP contribution in [0.4, 0.5) is 4.79 Å². The lowest BCUT2D eigenvalue weighted by molar-refractivity contribution is 0.173. The highest BCUT2D eigenvalue weighted by Crippen LogP contribution is 2.20. The Morgan fingerprint density at radius 1 is 1.09 bits per heavy atom. The van der Waals surface area contributed by atoms with Gasteiger partial charge in [0.15, 0.2) is 0 Å². The van der Waals surface area contributed by atoms with Gasteiger partial charge in [-0.05, 0) is 44.8 Å². The third kappa shape index (κ3) is 4.09. The van der Waals surface area contributed by atoms with Crippen LogP contribution in [0.15, 0.2) is 59.3 Å². The summed E-state index contributed by atoms with van der Waals surface area (Å²) >= 11 is 1.60. The molecule has 3 rings (SSSR count). The first-order chi connectivity index (χ1) is 11.2. The van der Waals surface area contributed by atoms with Crippen LogP contribution >= 0.6 is 11.3 Å². The molecule has 0 bridgehead atoms. The molecule has 1 aromatic heterocycles. The van der Waals surface area contributed by atoms with Gasteiger partial charge in [0.25, 0.3) is 0 Å². The zero-order valence-corrected chi connectivity index (χ0v) is 13.3. The molecule has 1 atom stereocenters. The second-order valence-electron chi connectivity index (χ2n) is 5.32. The topological polar surface area (TPSA) is 61.4 Å². The number of urea groups is 1. The highest BCUT2D eigenvalue weighted by Gasteiger charge is 2.10. The summed E-state index contributed by atoms with van der Waals surface area (Å²) in [6.07, 6.45) is -0.730. The van der Waals surface area contributed by atoms with Gasteiger partial charge in [-0.2, -0.15) is 11.3 Å². The van der Waals surface area contributed by atoms with Crippen LogP contribution in [0.1, 0.15) is 17.2 Å². The maximum atomic E-state index is 11.8. The SMILES string of the molecule is O=C(NCc1ccsc1)NC[C@@H](O)c1ccc2ccccc2c1. The molecule has 3 aromatic rings. The van der Waals surface area contributed by atoms with Crippen molar-refractivity contribution in [3.8, 4) is 0 Å². The van der Waals surface area contributed by atoms with Crippen LogP contribution in [0, 0.1) is 0 Å². The number of hydrogen-bond acceptors (Lipinski definition) is 3. The summed E-state index contributed by atoms with van der Waals surface area (Å²) < 4.78 is 0. The average molecular weight is 326 g/mol. The smallest absolute Gasteiger partial charge is 0.315 e. The van der Waals surface area contributed by atoms with E-state index < -0.39 is 6.10 Å². The lowest BCUT2D eigenvalue weighted by atomic mass is 10.0. The Morgan fingerprint density at radius 2 is 1.91 bits per heavy atom. The Balaban J connectivity index is 1.53. The molecule has 0 aliphatic carbocycles. The number of aliphatic hydroxyl groups excluding tert-OH is 1. The number of amides is 2. The summed E-state index contributed by atoms with van der Waals surface area (Å²) in [7, 11) is 0. The van der Waals surface area contributed by atoms with Crippen LogP contribution in [0.2, 0.25) is 0 Å². The minimum atomic E-state index is -0.730. The second kappa shape index (κ2) is 7.26. The Labute approximate surface area is 138 Å². The third-order valence-electron chi connectivity index (χ3n) is 3.65. The molecule has 0 unspecified atom stereocenters. The molecule has 0 radical (unpaired) electrons. The maximum Gasteiger partial charge on any atom is 0.315 e. The molecule has 23 heavy (non-hydrogen) atoms. The van der Waals surface area contributed by atoms with Crippen LogP contribution < -0.4 is 10.6 Å². The molecule has 5 heteroatoms. The molecule has 0 spiro atoms. The highest BCUT2D eigenvalue weighted by atomic mass is 32.1. The van der Waals surface area contributed by atoms with Gasteiger partial charge < -0.3 is 15.7 Å². The Hall–Kier alpha value is -2.37. The van der Waals surface area contributed by atoms with Crippen molar-refractivity contribution in [3.63, 3.8) is 0 Å². The normalized spacial score (nSPS) is 12.0. The number of nitrogens with one attached hydrogen (secondary N) is 2. The number of fused-ring (bicyclic) bond motifs is 1. The van der Waals surface area contributed by atoms with Gasteiger partial charge in [0.2, 0.25) is 0 Å². The van der Waals surface area contributed by atoms with E-state index in [1.54, 1.807) is 11.3 Å². The van der Waals surface area contributed by atoms with E-state index in [1.807, 2.05) is 59.3 Å². The standard InChI is InChI=1S/C18H18N2O2S/c21-17(11-20-18(22)19-10-13-7-8-23-12-13)16-6-5-14-3-1-2-4-15(14)9-16/h1-9,12,17,21H,10-11H2,(H2,19,20,22)/t17-/m1/s1. The lowest BCUT2D eigenvalue weighted by Crippen LogP contribution is -2.37. The van der Waals surface area contributed by atoms with Crippen LogP contribution in [-0.4, -0.2) is 17.7 Å². The molecule has 118 valence electrons. The van der Waals surface area contributed by atoms with Crippen LogP contribution in [-0.2, 0) is 6.54 Å². The molecule has 2 aromatic carbocycles. The van der Waals surface area contributed by atoms with Crippen molar-refractivity contribution >= 4 is 28.1 Å². The van der Waals surface area contributed by atoms with Gasteiger partial charge >= 0.3 is 6.03 Å². The van der Waals surface area contributed by atoms with Crippen molar-refractivity contribution in [1.82, 2.24) is 10.6 Å². The van der Waals surface area contributed by atoms with Crippen molar-refractivity contribution in [2.45, 2.75) is 12.6 Å². The lowest BCUT2D eigenvalue weighted by Gasteiger charge is -2.13. The molecule has 2 amide bonds. The predicted molar refractivity (Wildman–Crippen MR) is 93.5 cm³/mol. The summed E-state index contributed by atoms with van der Waals surface area (Å²) in [6.45, 7) is 0.662. The number of thiophene rings is 1. The van der Waals surface area contributed by atoms with Gasteiger partial charge in [0.1, 0.15) is 0 Å². The van der Waals surface area contributed by atoms with E-state index in [1.165, 1.54) is 0 Å². The number of hydrogen-bond donors (Lipinski definition) is 3. The van der Waals surface area contributed by atoms with Crippen LogP contribution in [0.25, 0.3) is 10.8 Å². The van der Waals surface area contributed by atoms with Gasteiger partial charge in [0.05, 0.1) is 6.10 Å². The van der Waals surface area contributed by atoms with E-state index in [-0.39, 0.29) is 12.6 Å².